The minimum atomic E-state index is -2.89. The molecule has 0 spiro atoms. The van der Waals surface area contributed by atoms with Crippen molar-refractivity contribution >= 4 is 33.2 Å². The van der Waals surface area contributed by atoms with E-state index in [-0.39, 0.29) is 11.7 Å². The Kier molecular flexibility index (Phi) is 5.28. The van der Waals surface area contributed by atoms with Crippen molar-refractivity contribution in [2.24, 2.45) is 5.16 Å². The Balaban J connectivity index is 1.58. The van der Waals surface area contributed by atoms with Gasteiger partial charge >= 0.3 is 6.61 Å². The monoisotopic (exact) mass is 410 g/mol. The average Bonchev–Trinajstić information content (AvgIpc) is 3.06. The van der Waals surface area contributed by atoms with E-state index in [0.717, 1.165) is 10.0 Å². The summed E-state index contributed by atoms with van der Waals surface area (Å²) in [5.41, 5.74) is 2.01. The summed E-state index contributed by atoms with van der Waals surface area (Å²) in [5, 5.41) is 6.63. The highest BCUT2D eigenvalue weighted by Gasteiger charge is 2.29. The Labute approximate surface area is 150 Å². The second kappa shape index (κ2) is 7.60. The number of oxime groups is 1. The molecule has 0 aliphatic carbocycles. The summed E-state index contributed by atoms with van der Waals surface area (Å²) < 4.78 is 29.4. The van der Waals surface area contributed by atoms with Gasteiger partial charge in [-0.1, -0.05) is 33.2 Å². The third-order valence-corrected chi connectivity index (χ3v) is 3.96. The van der Waals surface area contributed by atoms with Gasteiger partial charge in [-0.2, -0.15) is 8.78 Å². The van der Waals surface area contributed by atoms with E-state index in [1.54, 1.807) is 0 Å². The third kappa shape index (κ3) is 4.54. The zero-order chi connectivity index (χ0) is 17.8. The molecule has 130 valence electrons. The van der Waals surface area contributed by atoms with E-state index in [9.17, 15) is 13.6 Å². The number of rotatable bonds is 5. The maximum Gasteiger partial charge on any atom is 0.387 e. The van der Waals surface area contributed by atoms with Gasteiger partial charge in [-0.3, -0.25) is 4.79 Å². The molecule has 0 aromatic heterocycles. The topological polar surface area (TPSA) is 59.9 Å². The van der Waals surface area contributed by atoms with Crippen molar-refractivity contribution in [1.82, 2.24) is 0 Å². The Morgan fingerprint density at radius 2 is 2.04 bits per heavy atom. The summed E-state index contributed by atoms with van der Waals surface area (Å²) in [4.78, 5) is 17.5. The second-order valence-corrected chi connectivity index (χ2v) is 6.15. The van der Waals surface area contributed by atoms with Crippen molar-refractivity contribution in [3.05, 3.63) is 58.6 Å². The minimum absolute atomic E-state index is 0.0189. The van der Waals surface area contributed by atoms with Crippen LogP contribution >= 0.6 is 15.9 Å². The van der Waals surface area contributed by atoms with Crippen LogP contribution < -0.4 is 10.1 Å². The number of halogens is 3. The number of hydrogen-bond donors (Lipinski definition) is 1. The highest BCUT2D eigenvalue weighted by atomic mass is 79.9. The molecule has 0 bridgehead atoms. The predicted octanol–water partition coefficient (Wildman–Crippen LogP) is 4.18. The molecule has 2 aromatic carbocycles. The summed E-state index contributed by atoms with van der Waals surface area (Å²) in [6, 6.07) is 13.2. The van der Waals surface area contributed by atoms with Gasteiger partial charge in [-0.15, -0.1) is 0 Å². The molecule has 2 aromatic rings. The van der Waals surface area contributed by atoms with Crippen LogP contribution in [0.25, 0.3) is 0 Å². The number of hydrogen-bond acceptors (Lipinski definition) is 4. The number of carbonyl (C=O) groups is 1. The summed E-state index contributed by atoms with van der Waals surface area (Å²) in [6.45, 7) is -2.89. The summed E-state index contributed by atoms with van der Waals surface area (Å²) in [5.74, 6) is -0.346. The highest BCUT2D eigenvalue weighted by Crippen LogP contribution is 2.22. The molecule has 0 saturated carbocycles. The quantitative estimate of drug-likeness (QED) is 0.803. The summed E-state index contributed by atoms with van der Waals surface area (Å²) in [6.07, 6.45) is -0.402. The number of carbonyl (C=O) groups excluding carboxylic acids is 1. The Morgan fingerprint density at radius 1 is 1.28 bits per heavy atom. The molecule has 0 saturated heterocycles. The van der Waals surface area contributed by atoms with Crippen molar-refractivity contribution in [1.29, 1.82) is 0 Å². The van der Waals surface area contributed by atoms with Gasteiger partial charge in [0.2, 0.25) is 6.10 Å². The Morgan fingerprint density at radius 3 is 2.72 bits per heavy atom. The first-order valence-electron chi connectivity index (χ1n) is 7.35. The van der Waals surface area contributed by atoms with Crippen LogP contribution in [0.3, 0.4) is 0 Å². The molecule has 0 radical (unpaired) electrons. The maximum atomic E-state index is 12.3. The number of alkyl halides is 2. The van der Waals surface area contributed by atoms with E-state index in [0.29, 0.717) is 17.8 Å². The second-order valence-electron chi connectivity index (χ2n) is 5.24. The zero-order valence-corrected chi connectivity index (χ0v) is 14.4. The van der Waals surface area contributed by atoms with E-state index >= 15 is 0 Å². The molecule has 25 heavy (non-hydrogen) atoms. The number of anilines is 1. The Bertz CT molecular complexity index is 797. The van der Waals surface area contributed by atoms with Crippen molar-refractivity contribution in [3.8, 4) is 5.75 Å². The fourth-order valence-corrected chi connectivity index (χ4v) is 2.70. The minimum Gasteiger partial charge on any atom is -0.435 e. The molecular formula is C17H13BrF2N2O3. The SMILES string of the molecule is O=C(Nc1ccc(OC(F)F)cc1)C1CC(c2cccc(Br)c2)=NO1. The first-order valence-corrected chi connectivity index (χ1v) is 8.15. The molecule has 1 N–H and O–H groups in total. The van der Waals surface area contributed by atoms with E-state index in [2.05, 4.69) is 31.1 Å². The van der Waals surface area contributed by atoms with Crippen LogP contribution in [0.4, 0.5) is 14.5 Å². The van der Waals surface area contributed by atoms with Crippen LogP contribution in [0.5, 0.6) is 5.75 Å². The molecule has 0 fully saturated rings. The zero-order valence-electron chi connectivity index (χ0n) is 12.8. The number of amides is 1. The lowest BCUT2D eigenvalue weighted by atomic mass is 10.0. The average molecular weight is 411 g/mol. The van der Waals surface area contributed by atoms with Crippen molar-refractivity contribution in [3.63, 3.8) is 0 Å². The van der Waals surface area contributed by atoms with Crippen LogP contribution in [0.1, 0.15) is 12.0 Å². The normalized spacial score (nSPS) is 16.3. The van der Waals surface area contributed by atoms with Gasteiger partial charge in [-0.25, -0.2) is 0 Å². The maximum absolute atomic E-state index is 12.3. The lowest BCUT2D eigenvalue weighted by Crippen LogP contribution is -2.28. The fourth-order valence-electron chi connectivity index (χ4n) is 2.30. The van der Waals surface area contributed by atoms with Crippen LogP contribution in [-0.2, 0) is 9.63 Å². The highest BCUT2D eigenvalue weighted by molar-refractivity contribution is 9.10. The van der Waals surface area contributed by atoms with E-state index < -0.39 is 12.7 Å². The number of nitrogens with one attached hydrogen (secondary N) is 1. The van der Waals surface area contributed by atoms with E-state index in [1.807, 2.05) is 24.3 Å². The first-order chi connectivity index (χ1) is 12.0. The van der Waals surface area contributed by atoms with Crippen LogP contribution in [0.15, 0.2) is 58.2 Å². The van der Waals surface area contributed by atoms with Gasteiger partial charge < -0.3 is 14.9 Å². The molecule has 1 amide bonds. The molecule has 1 unspecified atom stereocenters. The van der Waals surface area contributed by atoms with Gasteiger partial charge in [0.1, 0.15) is 5.75 Å². The molecule has 1 aliphatic rings. The van der Waals surface area contributed by atoms with Gasteiger partial charge in [0, 0.05) is 22.1 Å². The van der Waals surface area contributed by atoms with E-state index in [1.165, 1.54) is 24.3 Å². The van der Waals surface area contributed by atoms with Crippen molar-refractivity contribution in [2.75, 3.05) is 5.32 Å². The van der Waals surface area contributed by atoms with Gasteiger partial charge in [0.25, 0.3) is 5.91 Å². The lowest BCUT2D eigenvalue weighted by molar-refractivity contribution is -0.125. The Hall–Kier alpha value is -2.48. The largest absolute Gasteiger partial charge is 0.435 e. The molecule has 1 heterocycles. The molecule has 5 nitrogen and oxygen atoms in total. The van der Waals surface area contributed by atoms with Crippen LogP contribution in [0.2, 0.25) is 0 Å². The van der Waals surface area contributed by atoms with Gasteiger partial charge in [-0.05, 0) is 36.4 Å². The predicted molar refractivity (Wildman–Crippen MR) is 91.9 cm³/mol. The smallest absolute Gasteiger partial charge is 0.387 e. The number of ether oxygens (including phenoxy) is 1. The molecule has 1 atom stereocenters. The molecule has 8 heteroatoms. The summed E-state index contributed by atoms with van der Waals surface area (Å²) in [7, 11) is 0. The van der Waals surface area contributed by atoms with Crippen molar-refractivity contribution in [2.45, 2.75) is 19.1 Å². The van der Waals surface area contributed by atoms with Crippen molar-refractivity contribution < 1.29 is 23.1 Å². The number of nitrogens with zero attached hydrogens (tertiary/aromatic N) is 1. The van der Waals surface area contributed by atoms with E-state index in [4.69, 9.17) is 4.84 Å². The summed E-state index contributed by atoms with van der Waals surface area (Å²) >= 11 is 3.39. The molecular weight excluding hydrogens is 398 g/mol. The fraction of sp³-hybridized carbons (Fsp3) is 0.176. The van der Waals surface area contributed by atoms with Gasteiger partial charge in [0.05, 0.1) is 5.71 Å². The van der Waals surface area contributed by atoms with Crippen LogP contribution in [-0.4, -0.2) is 24.3 Å². The first kappa shape index (κ1) is 17.3. The lowest BCUT2D eigenvalue weighted by Gasteiger charge is -2.10. The number of benzene rings is 2. The third-order valence-electron chi connectivity index (χ3n) is 3.47. The van der Waals surface area contributed by atoms with Gasteiger partial charge in [0.15, 0.2) is 0 Å². The molecule has 1 aliphatic heterocycles. The van der Waals surface area contributed by atoms with Crippen LogP contribution in [0, 0.1) is 0 Å². The standard InChI is InChI=1S/C17H13BrF2N2O3/c18-11-3-1-2-10(8-11)14-9-15(25-22-14)16(23)21-12-4-6-13(7-5-12)24-17(19)20/h1-8,15,17H,9H2,(H,21,23). The molecule has 3 rings (SSSR count).